The Balaban J connectivity index is 1.98. The summed E-state index contributed by atoms with van der Waals surface area (Å²) in [5.74, 6) is -0.747. The van der Waals surface area contributed by atoms with Crippen LogP contribution in [-0.4, -0.2) is 59.2 Å². The first-order valence-electron chi connectivity index (χ1n) is 9.56. The molecule has 1 unspecified atom stereocenters. The Morgan fingerprint density at radius 3 is 2.03 bits per heavy atom. The van der Waals surface area contributed by atoms with E-state index >= 15 is 0 Å². The van der Waals surface area contributed by atoms with Gasteiger partial charge in [0.25, 0.3) is 11.7 Å². The molecular weight excluding hydrogens is 420 g/mol. The normalized spacial score (nSPS) is 13.4. The second kappa shape index (κ2) is 9.04. The highest BCUT2D eigenvalue weighted by atomic mass is 16.5. The predicted octanol–water partition coefficient (Wildman–Crippen LogP) is 2.29. The average molecular weight is 444 g/mol. The second-order valence-corrected chi connectivity index (χ2v) is 6.78. The maximum Gasteiger partial charge on any atom is 0.300 e. The molecule has 1 heterocycles. The maximum atomic E-state index is 13.0. The molecule has 3 rings (SSSR count). The highest BCUT2D eigenvalue weighted by Crippen LogP contribution is 2.48. The third kappa shape index (κ3) is 3.64. The molecule has 10 heteroatoms. The molecule has 170 valence electrons. The number of benzene rings is 2. The molecule has 0 radical (unpaired) electrons. The van der Waals surface area contributed by atoms with Crippen LogP contribution in [0.2, 0.25) is 0 Å². The van der Waals surface area contributed by atoms with Gasteiger partial charge in [-0.3, -0.25) is 19.3 Å². The summed E-state index contributed by atoms with van der Waals surface area (Å²) >= 11 is 0. The number of carbonyl (C=O) groups is 3. The summed E-state index contributed by atoms with van der Waals surface area (Å²) < 4.78 is 26.4. The van der Waals surface area contributed by atoms with Crippen molar-refractivity contribution < 1.29 is 38.1 Å². The molecular formula is C22H24N2O8. The minimum atomic E-state index is -1.02. The first kappa shape index (κ1) is 22.7. The molecule has 2 amide bonds. The molecule has 1 aliphatic heterocycles. The Kier molecular flexibility index (Phi) is 6.42. The first-order chi connectivity index (χ1) is 15.3. The second-order valence-electron chi connectivity index (χ2n) is 6.78. The zero-order valence-electron chi connectivity index (χ0n) is 18.6. The summed E-state index contributed by atoms with van der Waals surface area (Å²) in [4.78, 5) is 39.7. The van der Waals surface area contributed by atoms with Gasteiger partial charge in [0, 0.05) is 17.8 Å². The Hall–Kier alpha value is -3.95. The number of ketones is 1. The number of nitrogens with one attached hydrogen (secondary N) is 1. The van der Waals surface area contributed by atoms with Gasteiger partial charge < -0.3 is 29.0 Å². The number of fused-ring (bicyclic) bond motifs is 1. The lowest BCUT2D eigenvalue weighted by atomic mass is 10.1. The number of anilines is 2. The van der Waals surface area contributed by atoms with E-state index in [2.05, 4.69) is 5.32 Å². The van der Waals surface area contributed by atoms with Crippen LogP contribution in [0.25, 0.3) is 0 Å². The van der Waals surface area contributed by atoms with E-state index in [1.807, 2.05) is 0 Å². The van der Waals surface area contributed by atoms with Crippen molar-refractivity contribution in [2.75, 3.05) is 45.8 Å². The topological polar surface area (TPSA) is 113 Å². The van der Waals surface area contributed by atoms with Crippen LogP contribution < -0.4 is 33.9 Å². The van der Waals surface area contributed by atoms with Crippen LogP contribution in [0.1, 0.15) is 17.3 Å². The fourth-order valence-electron chi connectivity index (χ4n) is 3.54. The van der Waals surface area contributed by atoms with Gasteiger partial charge >= 0.3 is 0 Å². The maximum absolute atomic E-state index is 13.0. The van der Waals surface area contributed by atoms with Crippen molar-refractivity contribution in [3.63, 3.8) is 0 Å². The van der Waals surface area contributed by atoms with Crippen LogP contribution in [0, 0.1) is 0 Å². The number of carbonyl (C=O) groups excluding carboxylic acids is 3. The van der Waals surface area contributed by atoms with Crippen LogP contribution in [-0.2, 0) is 9.59 Å². The van der Waals surface area contributed by atoms with Crippen LogP contribution in [0.5, 0.6) is 28.7 Å². The van der Waals surface area contributed by atoms with Crippen molar-refractivity contribution >= 4 is 29.0 Å². The smallest absolute Gasteiger partial charge is 0.300 e. The number of Topliss-reactive ketones (excluding diaryl/α,β-unsaturated/α-hetero) is 1. The van der Waals surface area contributed by atoms with Crippen molar-refractivity contribution in [1.82, 2.24) is 0 Å². The summed E-state index contributed by atoms with van der Waals surface area (Å²) in [6, 6.07) is 5.31. The molecule has 0 saturated carbocycles. The summed E-state index contributed by atoms with van der Waals surface area (Å²) in [6.07, 6.45) is 0. The van der Waals surface area contributed by atoms with Crippen LogP contribution in [0.15, 0.2) is 24.3 Å². The molecule has 32 heavy (non-hydrogen) atoms. The van der Waals surface area contributed by atoms with E-state index in [4.69, 9.17) is 23.7 Å². The highest BCUT2D eigenvalue weighted by Gasteiger charge is 2.44. The molecule has 0 spiro atoms. The number of ether oxygens (including phenoxy) is 5. The Morgan fingerprint density at radius 1 is 0.844 bits per heavy atom. The SMILES string of the molecule is COc1ccc(NC(=O)C(C)N2C(=O)C(=O)c3c2cc(OC)c(OC)c3OC)cc1OC. The van der Waals surface area contributed by atoms with Gasteiger partial charge in [-0.05, 0) is 19.1 Å². The van der Waals surface area contributed by atoms with Crippen molar-refractivity contribution in [3.05, 3.63) is 29.8 Å². The number of rotatable bonds is 8. The lowest BCUT2D eigenvalue weighted by Gasteiger charge is -2.25. The van der Waals surface area contributed by atoms with E-state index in [0.717, 1.165) is 4.90 Å². The molecule has 2 aromatic rings. The van der Waals surface area contributed by atoms with Gasteiger partial charge in [-0.25, -0.2) is 0 Å². The fraction of sp³-hybridized carbons (Fsp3) is 0.318. The van der Waals surface area contributed by atoms with E-state index < -0.39 is 23.6 Å². The number of nitrogens with zero attached hydrogens (tertiary/aromatic N) is 1. The number of amides is 2. The van der Waals surface area contributed by atoms with Crippen molar-refractivity contribution in [2.24, 2.45) is 0 Å². The number of hydrogen-bond acceptors (Lipinski definition) is 8. The predicted molar refractivity (Wildman–Crippen MR) is 116 cm³/mol. The molecule has 0 fully saturated rings. The molecule has 1 aliphatic rings. The Bertz CT molecular complexity index is 1080. The molecule has 2 aromatic carbocycles. The molecule has 0 saturated heterocycles. The van der Waals surface area contributed by atoms with Crippen molar-refractivity contribution in [3.8, 4) is 28.7 Å². The zero-order chi connectivity index (χ0) is 23.6. The van der Waals surface area contributed by atoms with Gasteiger partial charge in [-0.15, -0.1) is 0 Å². The Morgan fingerprint density at radius 2 is 1.47 bits per heavy atom. The van der Waals surface area contributed by atoms with Crippen LogP contribution in [0.4, 0.5) is 11.4 Å². The summed E-state index contributed by atoms with van der Waals surface area (Å²) in [5, 5.41) is 2.72. The quantitative estimate of drug-likeness (QED) is 0.617. The van der Waals surface area contributed by atoms with Crippen molar-refractivity contribution in [2.45, 2.75) is 13.0 Å². The highest BCUT2D eigenvalue weighted by molar-refractivity contribution is 6.53. The lowest BCUT2D eigenvalue weighted by molar-refractivity contribution is -0.120. The van der Waals surface area contributed by atoms with Gasteiger partial charge in [0.1, 0.15) is 6.04 Å². The number of methoxy groups -OCH3 is 5. The average Bonchev–Trinajstić information content (AvgIpc) is 3.06. The minimum absolute atomic E-state index is 0.0147. The van der Waals surface area contributed by atoms with E-state index in [0.29, 0.717) is 17.2 Å². The lowest BCUT2D eigenvalue weighted by Crippen LogP contribution is -2.45. The molecule has 0 aliphatic carbocycles. The summed E-state index contributed by atoms with van der Waals surface area (Å²) in [6.45, 7) is 1.51. The first-order valence-corrected chi connectivity index (χ1v) is 9.56. The van der Waals surface area contributed by atoms with E-state index in [1.54, 1.807) is 18.2 Å². The fourth-order valence-corrected chi connectivity index (χ4v) is 3.54. The number of hydrogen-bond donors (Lipinski definition) is 1. The molecule has 0 aromatic heterocycles. The Labute approximate surface area is 184 Å². The molecule has 1 N–H and O–H groups in total. The van der Waals surface area contributed by atoms with E-state index in [-0.39, 0.29) is 28.5 Å². The third-order valence-corrected chi connectivity index (χ3v) is 5.13. The van der Waals surface area contributed by atoms with Gasteiger partial charge in [-0.2, -0.15) is 0 Å². The largest absolute Gasteiger partial charge is 0.493 e. The van der Waals surface area contributed by atoms with Gasteiger partial charge in [0.2, 0.25) is 11.7 Å². The van der Waals surface area contributed by atoms with Gasteiger partial charge in [0.15, 0.2) is 23.0 Å². The van der Waals surface area contributed by atoms with Crippen LogP contribution >= 0.6 is 0 Å². The van der Waals surface area contributed by atoms with Crippen LogP contribution in [0.3, 0.4) is 0 Å². The third-order valence-electron chi connectivity index (χ3n) is 5.13. The summed E-state index contributed by atoms with van der Waals surface area (Å²) in [7, 11) is 7.14. The molecule has 10 nitrogen and oxygen atoms in total. The summed E-state index contributed by atoms with van der Waals surface area (Å²) in [5.41, 5.74) is 0.646. The van der Waals surface area contributed by atoms with Crippen molar-refractivity contribution in [1.29, 1.82) is 0 Å². The molecule has 1 atom stereocenters. The monoisotopic (exact) mass is 444 g/mol. The van der Waals surface area contributed by atoms with E-state index in [9.17, 15) is 14.4 Å². The molecule has 0 bridgehead atoms. The minimum Gasteiger partial charge on any atom is -0.493 e. The zero-order valence-corrected chi connectivity index (χ0v) is 18.6. The van der Waals surface area contributed by atoms with Gasteiger partial charge in [0.05, 0.1) is 46.8 Å². The van der Waals surface area contributed by atoms with Gasteiger partial charge in [-0.1, -0.05) is 0 Å². The van der Waals surface area contributed by atoms with E-state index in [1.165, 1.54) is 48.5 Å². The standard InChI is InChI=1S/C22H24N2O8/c1-11(21(26)23-12-7-8-14(28-2)15(9-12)29-3)24-13-10-16(30-4)19(31-5)20(32-6)17(13)18(25)22(24)27/h7-11H,1-6H3,(H,23,26).